The first kappa shape index (κ1) is 17.7. The number of rotatable bonds is 7. The number of benzene rings is 1. The van der Waals surface area contributed by atoms with Gasteiger partial charge in [-0.15, -0.1) is 0 Å². The standard InChI is InChI=1S/C16H22N2O4/c1-12(17-15(20)13-8-5-4-6-9-13)16(21)18(2)11-7-10-14(19)22-3/h4-6,8-9,12H,7,10-11H2,1-3H3,(H,17,20). The maximum Gasteiger partial charge on any atom is 0.305 e. The summed E-state index contributed by atoms with van der Waals surface area (Å²) in [5.41, 5.74) is 0.510. The molecule has 1 unspecified atom stereocenters. The second kappa shape index (κ2) is 8.81. The summed E-state index contributed by atoms with van der Waals surface area (Å²) in [7, 11) is 2.98. The van der Waals surface area contributed by atoms with E-state index in [4.69, 9.17) is 0 Å². The highest BCUT2D eigenvalue weighted by Gasteiger charge is 2.20. The summed E-state index contributed by atoms with van der Waals surface area (Å²) in [4.78, 5) is 36.6. The Hall–Kier alpha value is -2.37. The zero-order chi connectivity index (χ0) is 16.5. The molecule has 6 heteroatoms. The molecule has 1 N–H and O–H groups in total. The number of carbonyl (C=O) groups is 3. The molecule has 0 radical (unpaired) electrons. The molecule has 0 heterocycles. The molecule has 0 bridgehead atoms. The minimum atomic E-state index is -0.629. The van der Waals surface area contributed by atoms with Crippen LogP contribution in [0.5, 0.6) is 0 Å². The van der Waals surface area contributed by atoms with Gasteiger partial charge < -0.3 is 15.0 Å². The number of ether oxygens (including phenoxy) is 1. The van der Waals surface area contributed by atoms with Gasteiger partial charge in [0.1, 0.15) is 6.04 Å². The number of esters is 1. The van der Waals surface area contributed by atoms with Crippen LogP contribution in [0.3, 0.4) is 0 Å². The maximum atomic E-state index is 12.2. The third-order valence-electron chi connectivity index (χ3n) is 3.23. The molecule has 0 saturated carbocycles. The van der Waals surface area contributed by atoms with Crippen molar-refractivity contribution in [2.75, 3.05) is 20.7 Å². The molecule has 6 nitrogen and oxygen atoms in total. The van der Waals surface area contributed by atoms with Crippen LogP contribution in [0, 0.1) is 0 Å². The lowest BCUT2D eigenvalue weighted by molar-refractivity contribution is -0.141. The second-order valence-corrected chi connectivity index (χ2v) is 5.00. The molecule has 0 aliphatic rings. The van der Waals surface area contributed by atoms with Gasteiger partial charge in [0.15, 0.2) is 0 Å². The smallest absolute Gasteiger partial charge is 0.305 e. The first-order valence-corrected chi connectivity index (χ1v) is 7.13. The summed E-state index contributed by atoms with van der Waals surface area (Å²) >= 11 is 0. The Kier molecular flexibility index (Phi) is 7.08. The number of hydrogen-bond donors (Lipinski definition) is 1. The molecule has 0 aliphatic heterocycles. The highest BCUT2D eigenvalue weighted by molar-refractivity contribution is 5.97. The first-order valence-electron chi connectivity index (χ1n) is 7.13. The SMILES string of the molecule is COC(=O)CCCN(C)C(=O)C(C)NC(=O)c1ccccc1. The molecule has 2 amide bonds. The Morgan fingerprint density at radius 1 is 1.23 bits per heavy atom. The molecule has 0 aliphatic carbocycles. The number of nitrogens with one attached hydrogen (secondary N) is 1. The molecule has 120 valence electrons. The van der Waals surface area contributed by atoms with Crippen LogP contribution in [0.2, 0.25) is 0 Å². The quantitative estimate of drug-likeness (QED) is 0.768. The van der Waals surface area contributed by atoms with Gasteiger partial charge in [-0.1, -0.05) is 18.2 Å². The number of hydrogen-bond acceptors (Lipinski definition) is 4. The van der Waals surface area contributed by atoms with Crippen molar-refractivity contribution >= 4 is 17.8 Å². The van der Waals surface area contributed by atoms with Gasteiger partial charge >= 0.3 is 5.97 Å². The van der Waals surface area contributed by atoms with Crippen LogP contribution in [-0.4, -0.2) is 49.4 Å². The number of nitrogens with zero attached hydrogens (tertiary/aromatic N) is 1. The highest BCUT2D eigenvalue weighted by Crippen LogP contribution is 2.01. The first-order chi connectivity index (χ1) is 10.5. The molecule has 0 aromatic heterocycles. The molecule has 1 aromatic rings. The van der Waals surface area contributed by atoms with Crippen molar-refractivity contribution in [1.29, 1.82) is 0 Å². The van der Waals surface area contributed by atoms with Gasteiger partial charge in [0.2, 0.25) is 5.91 Å². The van der Waals surface area contributed by atoms with Gasteiger partial charge in [-0.2, -0.15) is 0 Å². The van der Waals surface area contributed by atoms with Crippen molar-refractivity contribution in [2.24, 2.45) is 0 Å². The Morgan fingerprint density at radius 2 is 1.86 bits per heavy atom. The molecule has 0 spiro atoms. The van der Waals surface area contributed by atoms with Crippen molar-refractivity contribution in [2.45, 2.75) is 25.8 Å². The third-order valence-corrected chi connectivity index (χ3v) is 3.23. The lowest BCUT2D eigenvalue weighted by Crippen LogP contribution is -2.45. The summed E-state index contributed by atoms with van der Waals surface area (Å²) in [5, 5.41) is 2.67. The lowest BCUT2D eigenvalue weighted by Gasteiger charge is -2.22. The van der Waals surface area contributed by atoms with Crippen LogP contribution in [-0.2, 0) is 14.3 Å². The van der Waals surface area contributed by atoms with E-state index in [-0.39, 0.29) is 24.2 Å². The van der Waals surface area contributed by atoms with Crippen LogP contribution in [0.1, 0.15) is 30.1 Å². The number of likely N-dealkylation sites (N-methyl/N-ethyl adjacent to an activating group) is 1. The summed E-state index contributed by atoms with van der Waals surface area (Å²) in [5.74, 6) is -0.787. The summed E-state index contributed by atoms with van der Waals surface area (Å²) < 4.78 is 4.54. The minimum Gasteiger partial charge on any atom is -0.469 e. The molecular formula is C16H22N2O4. The Bertz CT molecular complexity index is 516. The number of amides is 2. The van der Waals surface area contributed by atoms with E-state index in [1.807, 2.05) is 6.07 Å². The van der Waals surface area contributed by atoms with E-state index in [0.717, 1.165) is 0 Å². The van der Waals surface area contributed by atoms with E-state index in [0.29, 0.717) is 18.5 Å². The van der Waals surface area contributed by atoms with Gasteiger partial charge in [-0.3, -0.25) is 14.4 Å². The van der Waals surface area contributed by atoms with E-state index in [9.17, 15) is 14.4 Å². The highest BCUT2D eigenvalue weighted by atomic mass is 16.5. The van der Waals surface area contributed by atoms with Gasteiger partial charge in [-0.25, -0.2) is 0 Å². The van der Waals surface area contributed by atoms with Crippen LogP contribution < -0.4 is 5.32 Å². The molecule has 0 fully saturated rings. The van der Waals surface area contributed by atoms with Crippen molar-refractivity contribution in [3.05, 3.63) is 35.9 Å². The molecule has 0 saturated heterocycles. The second-order valence-electron chi connectivity index (χ2n) is 5.00. The molecule has 1 rings (SSSR count). The predicted molar refractivity (Wildman–Crippen MR) is 82.3 cm³/mol. The topological polar surface area (TPSA) is 75.7 Å². The molecule has 1 aromatic carbocycles. The largest absolute Gasteiger partial charge is 0.469 e. The molecule has 22 heavy (non-hydrogen) atoms. The molecular weight excluding hydrogens is 284 g/mol. The van der Waals surface area contributed by atoms with E-state index < -0.39 is 6.04 Å². The Labute approximate surface area is 130 Å². The van der Waals surface area contributed by atoms with Gasteiger partial charge in [0.05, 0.1) is 7.11 Å². The summed E-state index contributed by atoms with van der Waals surface area (Å²) in [6.45, 7) is 2.07. The normalized spacial score (nSPS) is 11.4. The summed E-state index contributed by atoms with van der Waals surface area (Å²) in [6, 6.07) is 8.09. The van der Waals surface area contributed by atoms with Crippen LogP contribution >= 0.6 is 0 Å². The number of carbonyl (C=O) groups excluding carboxylic acids is 3. The average molecular weight is 306 g/mol. The van der Waals surface area contributed by atoms with Crippen LogP contribution in [0.15, 0.2) is 30.3 Å². The Balaban J connectivity index is 2.43. The van der Waals surface area contributed by atoms with Gasteiger partial charge in [-0.05, 0) is 25.5 Å². The Morgan fingerprint density at radius 3 is 2.45 bits per heavy atom. The van der Waals surface area contributed by atoms with E-state index in [1.165, 1.54) is 12.0 Å². The summed E-state index contributed by atoms with van der Waals surface area (Å²) in [6.07, 6.45) is 0.785. The fraction of sp³-hybridized carbons (Fsp3) is 0.438. The van der Waals surface area contributed by atoms with Crippen LogP contribution in [0.25, 0.3) is 0 Å². The van der Waals surface area contributed by atoms with Gasteiger partial charge in [0.25, 0.3) is 5.91 Å². The van der Waals surface area contributed by atoms with Crippen molar-refractivity contribution in [3.63, 3.8) is 0 Å². The third kappa shape index (κ3) is 5.55. The van der Waals surface area contributed by atoms with Crippen molar-refractivity contribution < 1.29 is 19.1 Å². The molecule has 1 atom stereocenters. The van der Waals surface area contributed by atoms with E-state index >= 15 is 0 Å². The van der Waals surface area contributed by atoms with Gasteiger partial charge in [0, 0.05) is 25.6 Å². The van der Waals surface area contributed by atoms with Crippen molar-refractivity contribution in [1.82, 2.24) is 10.2 Å². The average Bonchev–Trinajstić information content (AvgIpc) is 2.54. The van der Waals surface area contributed by atoms with E-state index in [2.05, 4.69) is 10.1 Å². The zero-order valence-corrected chi connectivity index (χ0v) is 13.2. The fourth-order valence-corrected chi connectivity index (χ4v) is 1.93. The minimum absolute atomic E-state index is 0.200. The monoisotopic (exact) mass is 306 g/mol. The number of methoxy groups -OCH3 is 1. The van der Waals surface area contributed by atoms with Crippen LogP contribution in [0.4, 0.5) is 0 Å². The van der Waals surface area contributed by atoms with E-state index in [1.54, 1.807) is 38.2 Å². The lowest BCUT2D eigenvalue weighted by atomic mass is 10.2. The zero-order valence-electron chi connectivity index (χ0n) is 13.2. The fourth-order valence-electron chi connectivity index (χ4n) is 1.93. The predicted octanol–water partition coefficient (Wildman–Crippen LogP) is 1.22. The maximum absolute atomic E-state index is 12.2. The van der Waals surface area contributed by atoms with Crippen molar-refractivity contribution in [3.8, 4) is 0 Å².